The van der Waals surface area contributed by atoms with Crippen LogP contribution in [0.3, 0.4) is 0 Å². The van der Waals surface area contributed by atoms with Gasteiger partial charge < -0.3 is 24.7 Å². The zero-order valence-corrected chi connectivity index (χ0v) is 30.4. The molecule has 0 amide bonds. The maximum absolute atomic E-state index is 14.9. The van der Waals surface area contributed by atoms with E-state index in [1.807, 2.05) is 56.3 Å². The summed E-state index contributed by atoms with van der Waals surface area (Å²) in [5.41, 5.74) is 12.3. The summed E-state index contributed by atoms with van der Waals surface area (Å²) in [6.07, 6.45) is 7.86. The quantitative estimate of drug-likeness (QED) is 0.154. The molecule has 276 valence electrons. The third kappa shape index (κ3) is 7.85. The van der Waals surface area contributed by atoms with Crippen LogP contribution in [-0.2, 0) is 50.0 Å². The summed E-state index contributed by atoms with van der Waals surface area (Å²) in [6, 6.07) is 9.86. The number of nitrogens with one attached hydrogen (secondary N) is 1. The van der Waals surface area contributed by atoms with Crippen LogP contribution in [0.2, 0.25) is 0 Å². The Balaban J connectivity index is 0.000000206. The van der Waals surface area contributed by atoms with Gasteiger partial charge in [0.05, 0.1) is 47.5 Å². The van der Waals surface area contributed by atoms with Crippen molar-refractivity contribution in [1.29, 1.82) is 0 Å². The Morgan fingerprint density at radius 1 is 0.750 bits per heavy atom. The van der Waals surface area contributed by atoms with Crippen molar-refractivity contribution < 1.29 is 26.0 Å². The fourth-order valence-corrected chi connectivity index (χ4v) is 6.32. The highest BCUT2D eigenvalue weighted by Gasteiger charge is 2.24. The van der Waals surface area contributed by atoms with Gasteiger partial charge in [0.15, 0.2) is 0 Å². The predicted molar refractivity (Wildman–Crippen MR) is 194 cm³/mol. The first-order valence-corrected chi connectivity index (χ1v) is 17.8. The summed E-state index contributed by atoms with van der Waals surface area (Å²) in [5, 5.41) is 0. The Hall–Kier alpha value is -5.13. The van der Waals surface area contributed by atoms with Crippen LogP contribution in [0, 0.1) is 11.6 Å². The molecule has 52 heavy (non-hydrogen) atoms. The van der Waals surface area contributed by atoms with Crippen LogP contribution < -0.4 is 20.3 Å². The Morgan fingerprint density at radius 2 is 1.19 bits per heavy atom. The molecular formula is C35H40F4N10O2S. The zero-order chi connectivity index (χ0) is 37.9. The molecule has 2 aromatic carbocycles. The second-order valence-electron chi connectivity index (χ2n) is 12.1. The number of anilines is 4. The number of sulfonamides is 1. The number of imidazole rings is 2. The number of nitrogens with two attached hydrogens (primary N) is 1. The summed E-state index contributed by atoms with van der Waals surface area (Å²) < 4.78 is 82.5. The molecule has 0 bridgehead atoms. The lowest BCUT2D eigenvalue weighted by Crippen LogP contribution is -2.29. The first kappa shape index (κ1) is 38.1. The standard InChI is InChI=1S/C18H20F3N5O2S.C17H20FN5/c1-4-12-5-11(8-24-29(27,28)18(20)21)6-13(19)17(12)26(3)16-7-15-14(9-22-16)23-10-25(15)2;1-4-12-5-11(8-19)6-13(18)17(12)23(3)16-7-15-14(9-20-16)21-10-22(15)2/h5-7,9-10,18,24H,4,8H2,1-3H3;5-7,9-10H,4,8,19H2,1-3H3. The summed E-state index contributed by atoms with van der Waals surface area (Å²) >= 11 is 0. The fraction of sp³-hybridized carbons (Fsp3) is 0.314. The molecule has 0 radical (unpaired) electrons. The number of pyridine rings is 2. The molecule has 0 aliphatic carbocycles. The van der Waals surface area contributed by atoms with Crippen LogP contribution >= 0.6 is 0 Å². The van der Waals surface area contributed by atoms with Crippen LogP contribution in [0.4, 0.5) is 40.6 Å². The first-order chi connectivity index (χ1) is 24.7. The maximum Gasteiger partial charge on any atom is 0.350 e. The highest BCUT2D eigenvalue weighted by atomic mass is 32.2. The third-order valence-corrected chi connectivity index (χ3v) is 9.68. The highest BCUT2D eigenvalue weighted by Crippen LogP contribution is 2.33. The molecule has 6 aromatic rings. The highest BCUT2D eigenvalue weighted by molar-refractivity contribution is 7.89. The van der Waals surface area contributed by atoms with Gasteiger partial charge in [-0.15, -0.1) is 0 Å². The number of halogens is 4. The van der Waals surface area contributed by atoms with Gasteiger partial charge in [-0.1, -0.05) is 26.0 Å². The van der Waals surface area contributed by atoms with Gasteiger partial charge in [-0.2, -0.15) is 8.78 Å². The molecule has 0 unspecified atom stereocenters. The van der Waals surface area contributed by atoms with Crippen molar-refractivity contribution in [2.75, 3.05) is 23.9 Å². The Bertz CT molecular complexity index is 2330. The van der Waals surface area contributed by atoms with Crippen molar-refractivity contribution in [3.8, 4) is 0 Å². The number of rotatable bonds is 11. The van der Waals surface area contributed by atoms with E-state index < -0.39 is 28.1 Å². The van der Waals surface area contributed by atoms with E-state index in [4.69, 9.17) is 5.73 Å². The molecule has 0 spiro atoms. The van der Waals surface area contributed by atoms with Gasteiger partial charge in [0.1, 0.15) is 34.3 Å². The number of hydrogen-bond acceptors (Lipinski definition) is 9. The third-order valence-electron chi connectivity index (χ3n) is 8.67. The number of fused-ring (bicyclic) bond motifs is 2. The van der Waals surface area contributed by atoms with Gasteiger partial charge in [0.2, 0.25) is 0 Å². The first-order valence-electron chi connectivity index (χ1n) is 16.3. The smallest absolute Gasteiger partial charge is 0.334 e. The molecule has 0 aliphatic heterocycles. The second-order valence-corrected chi connectivity index (χ2v) is 13.8. The van der Waals surface area contributed by atoms with E-state index in [0.29, 0.717) is 41.4 Å². The van der Waals surface area contributed by atoms with Crippen LogP contribution in [0.5, 0.6) is 0 Å². The van der Waals surface area contributed by atoms with E-state index in [-0.39, 0.29) is 17.1 Å². The summed E-state index contributed by atoms with van der Waals surface area (Å²) in [5.74, 6) is -3.25. The van der Waals surface area contributed by atoms with E-state index >= 15 is 0 Å². The molecule has 0 atom stereocenters. The fourth-order valence-electron chi connectivity index (χ4n) is 5.83. The van der Waals surface area contributed by atoms with Crippen LogP contribution in [0.1, 0.15) is 36.1 Å². The van der Waals surface area contributed by atoms with Crippen molar-refractivity contribution in [2.45, 2.75) is 45.5 Å². The number of nitrogens with zero attached hydrogens (tertiary/aromatic N) is 8. The van der Waals surface area contributed by atoms with Crippen LogP contribution in [-0.4, -0.2) is 57.3 Å². The maximum atomic E-state index is 14.9. The average Bonchev–Trinajstić information content (AvgIpc) is 3.70. The number of hydrogen-bond donors (Lipinski definition) is 2. The van der Waals surface area contributed by atoms with E-state index in [9.17, 15) is 26.0 Å². The van der Waals surface area contributed by atoms with E-state index in [2.05, 4.69) is 19.9 Å². The lowest BCUT2D eigenvalue weighted by atomic mass is 10.0. The van der Waals surface area contributed by atoms with Gasteiger partial charge in [-0.3, -0.25) is 0 Å². The van der Waals surface area contributed by atoms with Crippen LogP contribution in [0.25, 0.3) is 22.1 Å². The predicted octanol–water partition coefficient (Wildman–Crippen LogP) is 5.98. The largest absolute Gasteiger partial charge is 0.350 e. The molecule has 3 N–H and O–H groups in total. The lowest BCUT2D eigenvalue weighted by Gasteiger charge is -2.23. The second kappa shape index (κ2) is 15.6. The zero-order valence-electron chi connectivity index (χ0n) is 29.6. The molecule has 12 nitrogen and oxygen atoms in total. The minimum Gasteiger partial charge on any atom is -0.334 e. The van der Waals surface area contributed by atoms with Crippen molar-refractivity contribution in [1.82, 2.24) is 33.8 Å². The van der Waals surface area contributed by atoms with Gasteiger partial charge >= 0.3 is 5.76 Å². The molecule has 6 rings (SSSR count). The van der Waals surface area contributed by atoms with Crippen molar-refractivity contribution in [2.24, 2.45) is 19.8 Å². The van der Waals surface area contributed by atoms with Gasteiger partial charge in [-0.05, 0) is 47.2 Å². The van der Waals surface area contributed by atoms with Crippen LogP contribution in [0.15, 0.2) is 61.4 Å². The Labute approximate surface area is 299 Å². The molecular weight excluding hydrogens is 701 g/mol. The molecule has 0 aliphatic rings. The van der Waals surface area contributed by atoms with E-state index in [0.717, 1.165) is 40.2 Å². The van der Waals surface area contributed by atoms with Crippen molar-refractivity contribution in [3.63, 3.8) is 0 Å². The van der Waals surface area contributed by atoms with Gasteiger partial charge in [0.25, 0.3) is 10.0 Å². The minimum atomic E-state index is -4.75. The molecule has 4 aromatic heterocycles. The molecule has 17 heteroatoms. The molecule has 0 saturated heterocycles. The van der Waals surface area contributed by atoms with Crippen molar-refractivity contribution >= 4 is 55.1 Å². The van der Waals surface area contributed by atoms with Gasteiger partial charge in [0, 0.05) is 53.4 Å². The topological polar surface area (TPSA) is 140 Å². The Kier molecular flexibility index (Phi) is 11.5. The monoisotopic (exact) mass is 740 g/mol. The summed E-state index contributed by atoms with van der Waals surface area (Å²) in [7, 11) is 2.50. The minimum absolute atomic E-state index is 0.246. The Morgan fingerprint density at radius 3 is 1.62 bits per heavy atom. The number of aromatic nitrogens is 6. The number of benzene rings is 2. The van der Waals surface area contributed by atoms with Crippen molar-refractivity contribution in [3.05, 3.63) is 95.3 Å². The van der Waals surface area contributed by atoms with Gasteiger partial charge in [-0.25, -0.2) is 41.9 Å². The number of alkyl halides is 2. The van der Waals surface area contributed by atoms with E-state index in [1.54, 1.807) is 58.8 Å². The summed E-state index contributed by atoms with van der Waals surface area (Å²) in [6.45, 7) is 3.72. The summed E-state index contributed by atoms with van der Waals surface area (Å²) in [4.78, 5) is 20.6. The SMILES string of the molecule is CCc1cc(CN)cc(F)c1N(C)c1cc2c(cn1)ncn2C.CCc1cc(CNS(=O)(=O)C(F)F)cc(F)c1N(C)c1cc2c(cn1)ncn2C. The number of aryl methyl sites for hydroxylation is 4. The van der Waals surface area contributed by atoms with E-state index in [1.165, 1.54) is 6.07 Å². The average molecular weight is 741 g/mol. The molecule has 4 heterocycles. The molecule has 0 fully saturated rings. The lowest BCUT2D eigenvalue weighted by molar-refractivity contribution is 0.232. The molecule has 0 saturated carbocycles. The normalized spacial score (nSPS) is 11.7.